The Kier molecular flexibility index (Phi) is 6.18. The third-order valence-electron chi connectivity index (χ3n) is 4.19. The molecule has 2 rings (SSSR count). The molecule has 0 saturated carbocycles. The van der Waals surface area contributed by atoms with Gasteiger partial charge in [-0.2, -0.15) is 0 Å². The summed E-state index contributed by atoms with van der Waals surface area (Å²) in [5.74, 6) is 0.997. The standard InChI is InChI=1S/C20H29N5O/c1-7-25(8-2)15-9-10-16(14(3)13-15)21-17-11-12-18(24-23-17)22-19(26)20(4,5)6/h9-13H,7-8H2,1-6H3,(H,21,23)(H,22,24,26). The van der Waals surface area contributed by atoms with Gasteiger partial charge in [-0.05, 0) is 56.7 Å². The molecule has 140 valence electrons. The van der Waals surface area contributed by atoms with Crippen molar-refractivity contribution in [2.75, 3.05) is 28.6 Å². The summed E-state index contributed by atoms with van der Waals surface area (Å²) in [5, 5.41) is 14.3. The smallest absolute Gasteiger partial charge is 0.230 e. The van der Waals surface area contributed by atoms with Gasteiger partial charge in [-0.3, -0.25) is 4.79 Å². The molecule has 0 spiro atoms. The molecule has 0 aliphatic carbocycles. The Morgan fingerprint density at radius 1 is 1.04 bits per heavy atom. The maximum atomic E-state index is 12.0. The molecule has 0 aliphatic heterocycles. The van der Waals surface area contributed by atoms with Crippen LogP contribution >= 0.6 is 0 Å². The molecule has 6 heteroatoms. The van der Waals surface area contributed by atoms with Crippen molar-refractivity contribution in [3.05, 3.63) is 35.9 Å². The topological polar surface area (TPSA) is 70.2 Å². The zero-order valence-corrected chi connectivity index (χ0v) is 16.6. The molecule has 0 unspecified atom stereocenters. The number of benzene rings is 1. The number of aryl methyl sites for hydroxylation is 1. The Morgan fingerprint density at radius 3 is 2.15 bits per heavy atom. The number of nitrogens with one attached hydrogen (secondary N) is 2. The van der Waals surface area contributed by atoms with E-state index in [2.05, 4.69) is 64.7 Å². The van der Waals surface area contributed by atoms with Crippen LogP contribution in [0.25, 0.3) is 0 Å². The summed E-state index contributed by atoms with van der Waals surface area (Å²) < 4.78 is 0. The molecule has 2 N–H and O–H groups in total. The second kappa shape index (κ2) is 8.17. The van der Waals surface area contributed by atoms with Crippen LogP contribution in [0.5, 0.6) is 0 Å². The normalized spacial score (nSPS) is 11.2. The largest absolute Gasteiger partial charge is 0.372 e. The molecule has 1 heterocycles. The Labute approximate surface area is 156 Å². The highest BCUT2D eigenvalue weighted by molar-refractivity contribution is 5.93. The molecule has 26 heavy (non-hydrogen) atoms. The van der Waals surface area contributed by atoms with E-state index in [0.29, 0.717) is 11.6 Å². The fraction of sp³-hybridized carbons (Fsp3) is 0.450. The quantitative estimate of drug-likeness (QED) is 0.806. The Balaban J connectivity index is 2.08. The number of hydrogen-bond donors (Lipinski definition) is 2. The van der Waals surface area contributed by atoms with E-state index >= 15 is 0 Å². The number of amides is 1. The zero-order chi connectivity index (χ0) is 19.3. The lowest BCUT2D eigenvalue weighted by Crippen LogP contribution is -2.28. The Morgan fingerprint density at radius 2 is 1.65 bits per heavy atom. The predicted molar refractivity (Wildman–Crippen MR) is 108 cm³/mol. The number of hydrogen-bond acceptors (Lipinski definition) is 5. The SMILES string of the molecule is CCN(CC)c1ccc(Nc2ccc(NC(=O)C(C)(C)C)nn2)c(C)c1. The van der Waals surface area contributed by atoms with Gasteiger partial charge in [-0.15, -0.1) is 10.2 Å². The third-order valence-corrected chi connectivity index (χ3v) is 4.19. The molecular weight excluding hydrogens is 326 g/mol. The zero-order valence-electron chi connectivity index (χ0n) is 16.6. The predicted octanol–water partition coefficient (Wildman–Crippen LogP) is 4.36. The minimum Gasteiger partial charge on any atom is -0.372 e. The highest BCUT2D eigenvalue weighted by atomic mass is 16.2. The van der Waals surface area contributed by atoms with Gasteiger partial charge in [0.05, 0.1) is 0 Å². The van der Waals surface area contributed by atoms with Gasteiger partial charge in [0.1, 0.15) is 0 Å². The lowest BCUT2D eigenvalue weighted by atomic mass is 9.96. The molecule has 6 nitrogen and oxygen atoms in total. The van der Waals surface area contributed by atoms with Gasteiger partial charge in [-0.25, -0.2) is 0 Å². The second-order valence-corrected chi connectivity index (χ2v) is 7.30. The van der Waals surface area contributed by atoms with Crippen LogP contribution in [0.1, 0.15) is 40.2 Å². The van der Waals surface area contributed by atoms with E-state index < -0.39 is 5.41 Å². The first-order chi connectivity index (χ1) is 12.2. The number of anilines is 4. The van der Waals surface area contributed by atoms with Crippen molar-refractivity contribution < 1.29 is 4.79 Å². The van der Waals surface area contributed by atoms with Crippen LogP contribution in [0.3, 0.4) is 0 Å². The number of rotatable bonds is 6. The molecule has 0 atom stereocenters. The van der Waals surface area contributed by atoms with Crippen LogP contribution in [0.4, 0.5) is 23.0 Å². The van der Waals surface area contributed by atoms with Gasteiger partial charge < -0.3 is 15.5 Å². The van der Waals surface area contributed by atoms with Crippen LogP contribution in [0.2, 0.25) is 0 Å². The molecule has 1 aromatic heterocycles. The third kappa shape index (κ3) is 4.94. The van der Waals surface area contributed by atoms with Crippen molar-refractivity contribution in [1.29, 1.82) is 0 Å². The molecule has 2 aromatic rings. The number of carbonyl (C=O) groups excluding carboxylic acids is 1. The summed E-state index contributed by atoms with van der Waals surface area (Å²) in [6.07, 6.45) is 0. The highest BCUT2D eigenvalue weighted by Gasteiger charge is 2.21. The van der Waals surface area contributed by atoms with Crippen LogP contribution < -0.4 is 15.5 Å². The van der Waals surface area contributed by atoms with Crippen LogP contribution in [0.15, 0.2) is 30.3 Å². The van der Waals surface area contributed by atoms with Gasteiger partial charge in [0.25, 0.3) is 0 Å². The van der Waals surface area contributed by atoms with Crippen molar-refractivity contribution >= 4 is 28.9 Å². The van der Waals surface area contributed by atoms with Crippen molar-refractivity contribution in [3.8, 4) is 0 Å². The summed E-state index contributed by atoms with van der Waals surface area (Å²) in [6, 6.07) is 9.88. The van der Waals surface area contributed by atoms with Gasteiger partial charge in [0, 0.05) is 29.9 Å². The van der Waals surface area contributed by atoms with E-state index in [4.69, 9.17) is 0 Å². The Bertz CT molecular complexity index is 746. The summed E-state index contributed by atoms with van der Waals surface area (Å²) in [6.45, 7) is 13.9. The van der Waals surface area contributed by atoms with Crippen molar-refractivity contribution in [1.82, 2.24) is 10.2 Å². The van der Waals surface area contributed by atoms with Crippen LogP contribution in [-0.2, 0) is 4.79 Å². The van der Waals surface area contributed by atoms with Gasteiger partial charge in [0.15, 0.2) is 11.6 Å². The summed E-state index contributed by atoms with van der Waals surface area (Å²) in [7, 11) is 0. The first kappa shape index (κ1) is 19.7. The first-order valence-corrected chi connectivity index (χ1v) is 9.02. The molecule has 0 bridgehead atoms. The monoisotopic (exact) mass is 355 g/mol. The summed E-state index contributed by atoms with van der Waals surface area (Å²) >= 11 is 0. The fourth-order valence-corrected chi connectivity index (χ4v) is 2.48. The minimum absolute atomic E-state index is 0.0876. The summed E-state index contributed by atoms with van der Waals surface area (Å²) in [4.78, 5) is 14.3. The van der Waals surface area contributed by atoms with Crippen molar-refractivity contribution in [3.63, 3.8) is 0 Å². The fourth-order valence-electron chi connectivity index (χ4n) is 2.48. The molecule has 0 radical (unpaired) electrons. The van der Waals surface area contributed by atoms with E-state index in [9.17, 15) is 4.79 Å². The minimum atomic E-state index is -0.470. The molecule has 1 amide bonds. The Hall–Kier alpha value is -2.63. The number of aromatic nitrogens is 2. The molecule has 0 fully saturated rings. The lowest BCUT2D eigenvalue weighted by Gasteiger charge is -2.22. The molecule has 1 aromatic carbocycles. The average Bonchev–Trinajstić information content (AvgIpc) is 2.59. The molecular formula is C20H29N5O. The molecule has 0 saturated heterocycles. The van der Waals surface area contributed by atoms with Gasteiger partial charge in [0.2, 0.25) is 5.91 Å². The average molecular weight is 355 g/mol. The number of nitrogens with zero attached hydrogens (tertiary/aromatic N) is 3. The van der Waals surface area contributed by atoms with Gasteiger partial charge in [-0.1, -0.05) is 20.8 Å². The van der Waals surface area contributed by atoms with Crippen molar-refractivity contribution in [2.24, 2.45) is 5.41 Å². The lowest BCUT2D eigenvalue weighted by molar-refractivity contribution is -0.123. The van der Waals surface area contributed by atoms with Gasteiger partial charge >= 0.3 is 0 Å². The van der Waals surface area contributed by atoms with Crippen LogP contribution in [-0.4, -0.2) is 29.2 Å². The maximum absolute atomic E-state index is 12.0. The number of carbonyl (C=O) groups is 1. The highest BCUT2D eigenvalue weighted by Crippen LogP contribution is 2.25. The van der Waals surface area contributed by atoms with Crippen LogP contribution in [0, 0.1) is 12.3 Å². The van der Waals surface area contributed by atoms with E-state index in [1.807, 2.05) is 26.8 Å². The van der Waals surface area contributed by atoms with E-state index in [1.54, 1.807) is 6.07 Å². The van der Waals surface area contributed by atoms with E-state index in [0.717, 1.165) is 24.3 Å². The van der Waals surface area contributed by atoms with E-state index in [-0.39, 0.29) is 5.91 Å². The first-order valence-electron chi connectivity index (χ1n) is 9.02. The maximum Gasteiger partial charge on any atom is 0.230 e. The van der Waals surface area contributed by atoms with Crippen molar-refractivity contribution in [2.45, 2.75) is 41.5 Å². The second-order valence-electron chi connectivity index (χ2n) is 7.30. The summed E-state index contributed by atoms with van der Waals surface area (Å²) in [5.41, 5.74) is 2.87. The molecule has 0 aliphatic rings. The van der Waals surface area contributed by atoms with E-state index in [1.165, 1.54) is 5.69 Å².